The summed E-state index contributed by atoms with van der Waals surface area (Å²) in [6.45, 7) is 4.69. The first-order valence-corrected chi connectivity index (χ1v) is 6.55. The van der Waals surface area contributed by atoms with E-state index < -0.39 is 0 Å². The zero-order chi connectivity index (χ0) is 13.2. The van der Waals surface area contributed by atoms with Crippen LogP contribution in [0.3, 0.4) is 0 Å². The Balaban J connectivity index is 2.06. The van der Waals surface area contributed by atoms with Crippen LogP contribution < -0.4 is 5.32 Å². The van der Waals surface area contributed by atoms with Crippen molar-refractivity contribution in [2.75, 3.05) is 0 Å². The highest BCUT2D eigenvalue weighted by Crippen LogP contribution is 2.35. The summed E-state index contributed by atoms with van der Waals surface area (Å²) in [7, 11) is 0. The Labute approximate surface area is 108 Å². The summed E-state index contributed by atoms with van der Waals surface area (Å²) in [4.78, 5) is 10.6. The summed E-state index contributed by atoms with van der Waals surface area (Å²) in [5, 5.41) is 14.4. The second kappa shape index (κ2) is 5.06. The molecule has 1 aliphatic rings. The molecule has 4 nitrogen and oxygen atoms in total. The molecule has 0 saturated heterocycles. The van der Waals surface area contributed by atoms with Crippen molar-refractivity contribution in [3.8, 4) is 0 Å². The lowest BCUT2D eigenvalue weighted by Crippen LogP contribution is -2.49. The molecule has 0 amide bonds. The molecular weight excluding hydrogens is 228 g/mol. The summed E-state index contributed by atoms with van der Waals surface area (Å²) < 4.78 is 0. The van der Waals surface area contributed by atoms with Gasteiger partial charge in [-0.05, 0) is 38.2 Å². The van der Waals surface area contributed by atoms with Crippen molar-refractivity contribution in [2.45, 2.75) is 51.6 Å². The van der Waals surface area contributed by atoms with Crippen molar-refractivity contribution < 1.29 is 4.92 Å². The van der Waals surface area contributed by atoms with Gasteiger partial charge in [0.15, 0.2) is 0 Å². The van der Waals surface area contributed by atoms with Crippen molar-refractivity contribution in [2.24, 2.45) is 0 Å². The summed E-state index contributed by atoms with van der Waals surface area (Å²) in [5.74, 6) is 0. The van der Waals surface area contributed by atoms with E-state index in [4.69, 9.17) is 0 Å². The standard InChI is InChI=1S/C14H20N2O2/c1-3-14(7-4-8-14)15-10-12-6-5-11(2)13(9-12)16(17)18/h5-6,9,15H,3-4,7-8,10H2,1-2H3. The van der Waals surface area contributed by atoms with E-state index in [9.17, 15) is 10.1 Å². The molecule has 0 spiro atoms. The molecule has 0 unspecified atom stereocenters. The highest BCUT2D eigenvalue weighted by molar-refractivity contribution is 5.42. The van der Waals surface area contributed by atoms with Crippen molar-refractivity contribution in [1.29, 1.82) is 0 Å². The molecular formula is C14H20N2O2. The Morgan fingerprint density at radius 1 is 1.44 bits per heavy atom. The van der Waals surface area contributed by atoms with E-state index in [-0.39, 0.29) is 16.1 Å². The summed E-state index contributed by atoms with van der Waals surface area (Å²) >= 11 is 0. The van der Waals surface area contributed by atoms with E-state index in [1.54, 1.807) is 13.0 Å². The maximum absolute atomic E-state index is 10.9. The van der Waals surface area contributed by atoms with Crippen LogP contribution in [0.2, 0.25) is 0 Å². The minimum Gasteiger partial charge on any atom is -0.307 e. The second-order valence-electron chi connectivity index (χ2n) is 5.22. The quantitative estimate of drug-likeness (QED) is 0.642. The smallest absolute Gasteiger partial charge is 0.272 e. The first-order valence-electron chi connectivity index (χ1n) is 6.55. The average molecular weight is 248 g/mol. The van der Waals surface area contributed by atoms with Gasteiger partial charge >= 0.3 is 0 Å². The number of nitrogens with zero attached hydrogens (tertiary/aromatic N) is 1. The van der Waals surface area contributed by atoms with Gasteiger partial charge in [0.05, 0.1) is 4.92 Å². The van der Waals surface area contributed by atoms with Gasteiger partial charge in [0.2, 0.25) is 0 Å². The van der Waals surface area contributed by atoms with Crippen molar-refractivity contribution in [3.05, 3.63) is 39.4 Å². The fourth-order valence-corrected chi connectivity index (χ4v) is 2.51. The van der Waals surface area contributed by atoms with Crippen LogP contribution in [0.15, 0.2) is 18.2 Å². The number of benzene rings is 1. The predicted molar refractivity (Wildman–Crippen MR) is 71.5 cm³/mol. The minimum atomic E-state index is -0.308. The van der Waals surface area contributed by atoms with Crippen LogP contribution in [0.1, 0.15) is 43.7 Å². The molecule has 1 fully saturated rings. The number of rotatable bonds is 5. The zero-order valence-corrected chi connectivity index (χ0v) is 11.0. The summed E-state index contributed by atoms with van der Waals surface area (Å²) in [5.41, 5.74) is 2.21. The van der Waals surface area contributed by atoms with Gasteiger partial charge in [0.1, 0.15) is 0 Å². The van der Waals surface area contributed by atoms with Crippen molar-refractivity contribution >= 4 is 5.69 Å². The fourth-order valence-electron chi connectivity index (χ4n) is 2.51. The minimum absolute atomic E-state index is 0.216. The molecule has 1 aromatic rings. The molecule has 0 aromatic heterocycles. The Morgan fingerprint density at radius 3 is 2.67 bits per heavy atom. The monoisotopic (exact) mass is 248 g/mol. The van der Waals surface area contributed by atoms with Crippen LogP contribution in [0, 0.1) is 17.0 Å². The van der Waals surface area contributed by atoms with Gasteiger partial charge in [-0.1, -0.05) is 19.1 Å². The molecule has 0 radical (unpaired) electrons. The van der Waals surface area contributed by atoms with Crippen molar-refractivity contribution in [3.63, 3.8) is 0 Å². The number of hydrogen-bond acceptors (Lipinski definition) is 3. The SMILES string of the molecule is CCC1(NCc2ccc(C)c([N+](=O)[O-])c2)CCC1. The van der Waals surface area contributed by atoms with Crippen LogP contribution in [-0.2, 0) is 6.54 Å². The van der Waals surface area contributed by atoms with E-state index in [1.165, 1.54) is 19.3 Å². The lowest BCUT2D eigenvalue weighted by Gasteiger charge is -2.42. The number of hydrogen-bond donors (Lipinski definition) is 1. The topological polar surface area (TPSA) is 55.2 Å². The molecule has 98 valence electrons. The Morgan fingerprint density at radius 2 is 2.17 bits per heavy atom. The van der Waals surface area contributed by atoms with Gasteiger partial charge in [-0.3, -0.25) is 10.1 Å². The van der Waals surface area contributed by atoms with Crippen LogP contribution in [0.5, 0.6) is 0 Å². The van der Waals surface area contributed by atoms with E-state index in [0.29, 0.717) is 0 Å². The number of nitro benzene ring substituents is 1. The molecule has 0 aliphatic heterocycles. The van der Waals surface area contributed by atoms with Crippen molar-refractivity contribution in [1.82, 2.24) is 5.32 Å². The molecule has 1 N–H and O–H groups in total. The van der Waals surface area contributed by atoms with E-state index >= 15 is 0 Å². The molecule has 2 rings (SSSR count). The molecule has 0 bridgehead atoms. The van der Waals surface area contributed by atoms with Crippen LogP contribution in [0.4, 0.5) is 5.69 Å². The van der Waals surface area contributed by atoms with Gasteiger partial charge < -0.3 is 5.32 Å². The van der Waals surface area contributed by atoms with Crippen LogP contribution >= 0.6 is 0 Å². The predicted octanol–water partition coefficient (Wildman–Crippen LogP) is 3.33. The molecule has 4 heteroatoms. The summed E-state index contributed by atoms with van der Waals surface area (Å²) in [6, 6.07) is 5.48. The Hall–Kier alpha value is -1.42. The van der Waals surface area contributed by atoms with Gasteiger partial charge in [-0.2, -0.15) is 0 Å². The van der Waals surface area contributed by atoms with E-state index in [0.717, 1.165) is 24.1 Å². The highest BCUT2D eigenvalue weighted by Gasteiger charge is 2.34. The number of nitro groups is 1. The molecule has 1 saturated carbocycles. The second-order valence-corrected chi connectivity index (χ2v) is 5.22. The van der Waals surface area contributed by atoms with Gasteiger partial charge in [0, 0.05) is 23.7 Å². The molecule has 18 heavy (non-hydrogen) atoms. The van der Waals surface area contributed by atoms with E-state index in [2.05, 4.69) is 12.2 Å². The maximum Gasteiger partial charge on any atom is 0.272 e. The maximum atomic E-state index is 10.9. The lowest BCUT2D eigenvalue weighted by atomic mass is 9.75. The fraction of sp³-hybridized carbons (Fsp3) is 0.571. The average Bonchev–Trinajstić information content (AvgIpc) is 2.30. The first kappa shape index (κ1) is 13.0. The highest BCUT2D eigenvalue weighted by atomic mass is 16.6. The summed E-state index contributed by atoms with van der Waals surface area (Å²) in [6.07, 6.45) is 4.85. The van der Waals surface area contributed by atoms with Gasteiger partial charge in [-0.15, -0.1) is 0 Å². The molecule has 1 aliphatic carbocycles. The third-order valence-electron chi connectivity index (χ3n) is 4.13. The molecule has 1 aromatic carbocycles. The Kier molecular flexibility index (Phi) is 3.66. The van der Waals surface area contributed by atoms with Gasteiger partial charge in [0.25, 0.3) is 5.69 Å². The zero-order valence-electron chi connectivity index (χ0n) is 11.0. The molecule has 0 atom stereocenters. The third kappa shape index (κ3) is 2.53. The molecule has 0 heterocycles. The third-order valence-corrected chi connectivity index (χ3v) is 4.13. The van der Waals surface area contributed by atoms with Crippen LogP contribution in [-0.4, -0.2) is 10.5 Å². The normalized spacial score (nSPS) is 17.2. The Bertz CT molecular complexity index is 448. The van der Waals surface area contributed by atoms with Crippen LogP contribution in [0.25, 0.3) is 0 Å². The lowest BCUT2D eigenvalue weighted by molar-refractivity contribution is -0.385. The van der Waals surface area contributed by atoms with Gasteiger partial charge in [-0.25, -0.2) is 0 Å². The van der Waals surface area contributed by atoms with E-state index in [1.807, 2.05) is 12.1 Å². The first-order chi connectivity index (χ1) is 8.56. The number of aryl methyl sites for hydroxylation is 1. The number of nitrogens with one attached hydrogen (secondary N) is 1. The largest absolute Gasteiger partial charge is 0.307 e.